The lowest BCUT2D eigenvalue weighted by Crippen LogP contribution is -2.01. The van der Waals surface area contributed by atoms with Crippen molar-refractivity contribution in [3.05, 3.63) is 73.7 Å². The summed E-state index contributed by atoms with van der Waals surface area (Å²) in [6.45, 7) is 0. The lowest BCUT2D eigenvalue weighted by Gasteiger charge is -2.10. The van der Waals surface area contributed by atoms with Crippen molar-refractivity contribution in [3.63, 3.8) is 0 Å². The molecule has 0 aliphatic carbocycles. The van der Waals surface area contributed by atoms with Crippen molar-refractivity contribution in [1.29, 1.82) is 0 Å². The lowest BCUT2D eigenvalue weighted by atomic mass is 10.1. The SMILES string of the molecule is c1cn2cc(Nc3nc(-c4ccc5cn[nH]c5c4)cn4ccnc34)ccc2n1. The van der Waals surface area contributed by atoms with Crippen molar-refractivity contribution in [2.45, 2.75) is 0 Å². The highest BCUT2D eigenvalue weighted by Gasteiger charge is 2.11. The van der Waals surface area contributed by atoms with E-state index in [9.17, 15) is 0 Å². The number of hydrogen-bond donors (Lipinski definition) is 2. The number of pyridine rings is 1. The van der Waals surface area contributed by atoms with Crippen LogP contribution in [0.2, 0.25) is 0 Å². The number of imidazole rings is 2. The zero-order chi connectivity index (χ0) is 18.5. The summed E-state index contributed by atoms with van der Waals surface area (Å²) in [5.74, 6) is 0.687. The van der Waals surface area contributed by atoms with Gasteiger partial charge in [0.2, 0.25) is 0 Å². The van der Waals surface area contributed by atoms with Crippen LogP contribution in [0.15, 0.2) is 73.7 Å². The number of rotatable bonds is 3. The maximum absolute atomic E-state index is 4.84. The number of nitrogens with zero attached hydrogens (tertiary/aromatic N) is 6. The fourth-order valence-corrected chi connectivity index (χ4v) is 3.38. The molecular formula is C20H14N8. The van der Waals surface area contributed by atoms with Crippen molar-refractivity contribution < 1.29 is 0 Å². The van der Waals surface area contributed by atoms with Gasteiger partial charge in [0.15, 0.2) is 11.5 Å². The Bertz CT molecular complexity index is 1460. The number of nitrogens with one attached hydrogen (secondary N) is 2. The number of aromatic nitrogens is 7. The van der Waals surface area contributed by atoms with E-state index in [-0.39, 0.29) is 0 Å². The van der Waals surface area contributed by atoms with Crippen LogP contribution < -0.4 is 5.32 Å². The van der Waals surface area contributed by atoms with Gasteiger partial charge >= 0.3 is 0 Å². The highest BCUT2D eigenvalue weighted by atomic mass is 15.1. The molecule has 1 aromatic carbocycles. The van der Waals surface area contributed by atoms with Crippen LogP contribution in [-0.2, 0) is 0 Å². The Morgan fingerprint density at radius 2 is 1.86 bits per heavy atom. The number of anilines is 2. The average molecular weight is 366 g/mol. The molecule has 0 spiro atoms. The van der Waals surface area contributed by atoms with E-state index in [0.717, 1.165) is 39.1 Å². The van der Waals surface area contributed by atoms with E-state index in [1.165, 1.54) is 0 Å². The van der Waals surface area contributed by atoms with Gasteiger partial charge in [-0.1, -0.05) is 12.1 Å². The molecule has 6 aromatic rings. The monoisotopic (exact) mass is 366 g/mol. The van der Waals surface area contributed by atoms with Crippen LogP contribution >= 0.6 is 0 Å². The van der Waals surface area contributed by atoms with E-state index >= 15 is 0 Å². The van der Waals surface area contributed by atoms with Gasteiger partial charge in [0.1, 0.15) is 5.65 Å². The summed E-state index contributed by atoms with van der Waals surface area (Å²) in [6, 6.07) is 10.1. The summed E-state index contributed by atoms with van der Waals surface area (Å²) in [6.07, 6.45) is 13.1. The second-order valence-corrected chi connectivity index (χ2v) is 6.54. The van der Waals surface area contributed by atoms with Gasteiger partial charge in [0, 0.05) is 48.1 Å². The topological polar surface area (TPSA) is 88.2 Å². The Balaban J connectivity index is 1.48. The molecule has 0 amide bonds. The standard InChI is InChI=1S/C20H14N8/c1-2-14-10-23-26-16(14)9-13(1)17-12-28-8-6-22-20(28)19(25-17)24-15-3-4-18-21-5-7-27(18)11-15/h1-12H,(H,23,26)(H,24,25). The normalized spacial score (nSPS) is 11.6. The minimum absolute atomic E-state index is 0.687. The quantitative estimate of drug-likeness (QED) is 0.499. The molecule has 28 heavy (non-hydrogen) atoms. The van der Waals surface area contributed by atoms with Gasteiger partial charge < -0.3 is 14.1 Å². The van der Waals surface area contributed by atoms with E-state index in [1.54, 1.807) is 12.4 Å². The number of hydrogen-bond acceptors (Lipinski definition) is 5. The fraction of sp³-hybridized carbons (Fsp3) is 0. The highest BCUT2D eigenvalue weighted by molar-refractivity contribution is 5.84. The maximum Gasteiger partial charge on any atom is 0.180 e. The molecule has 0 aliphatic rings. The second-order valence-electron chi connectivity index (χ2n) is 6.54. The van der Waals surface area contributed by atoms with Crippen LogP contribution in [0.5, 0.6) is 0 Å². The summed E-state index contributed by atoms with van der Waals surface area (Å²) < 4.78 is 3.93. The molecular weight excluding hydrogens is 352 g/mol. The van der Waals surface area contributed by atoms with E-state index in [1.807, 2.05) is 64.1 Å². The zero-order valence-corrected chi connectivity index (χ0v) is 14.6. The molecule has 8 nitrogen and oxygen atoms in total. The molecule has 0 fully saturated rings. The predicted molar refractivity (Wildman–Crippen MR) is 107 cm³/mol. The Labute approximate surface area is 158 Å². The van der Waals surface area contributed by atoms with Gasteiger partial charge in [-0.2, -0.15) is 5.10 Å². The third-order valence-electron chi connectivity index (χ3n) is 4.76. The van der Waals surface area contributed by atoms with Gasteiger partial charge in [-0.05, 0) is 18.2 Å². The molecule has 0 radical (unpaired) electrons. The number of benzene rings is 1. The van der Waals surface area contributed by atoms with Crippen LogP contribution in [0.4, 0.5) is 11.5 Å². The third kappa shape index (κ3) is 2.32. The van der Waals surface area contributed by atoms with Crippen LogP contribution in [0.3, 0.4) is 0 Å². The van der Waals surface area contributed by atoms with Crippen LogP contribution in [0, 0.1) is 0 Å². The van der Waals surface area contributed by atoms with E-state index in [4.69, 9.17) is 4.98 Å². The lowest BCUT2D eigenvalue weighted by molar-refractivity contribution is 1.12. The summed E-state index contributed by atoms with van der Waals surface area (Å²) in [5, 5.41) is 11.6. The van der Waals surface area contributed by atoms with E-state index in [0.29, 0.717) is 5.82 Å². The summed E-state index contributed by atoms with van der Waals surface area (Å²) in [5.41, 5.74) is 5.38. The minimum Gasteiger partial charge on any atom is -0.336 e. The second kappa shape index (κ2) is 5.65. The minimum atomic E-state index is 0.687. The molecule has 0 aliphatic heterocycles. The van der Waals surface area contributed by atoms with Gasteiger partial charge in [-0.3, -0.25) is 5.10 Å². The van der Waals surface area contributed by atoms with Gasteiger partial charge in [-0.15, -0.1) is 0 Å². The Morgan fingerprint density at radius 1 is 0.929 bits per heavy atom. The Kier molecular flexibility index (Phi) is 3.01. The number of fused-ring (bicyclic) bond motifs is 3. The molecule has 0 unspecified atom stereocenters. The van der Waals surface area contributed by atoms with Crippen LogP contribution in [0.1, 0.15) is 0 Å². The first-order valence-electron chi connectivity index (χ1n) is 8.80. The number of aromatic amines is 1. The fourth-order valence-electron chi connectivity index (χ4n) is 3.38. The first kappa shape index (κ1) is 14.9. The average Bonchev–Trinajstić information content (AvgIpc) is 3.46. The molecule has 0 bridgehead atoms. The molecule has 0 saturated heterocycles. The molecule has 5 heterocycles. The molecule has 5 aromatic heterocycles. The highest BCUT2D eigenvalue weighted by Crippen LogP contribution is 2.26. The molecule has 0 atom stereocenters. The molecule has 6 rings (SSSR count). The summed E-state index contributed by atoms with van der Waals surface area (Å²) in [4.78, 5) is 13.6. The molecule has 0 saturated carbocycles. The number of H-pyrrole nitrogens is 1. The van der Waals surface area contributed by atoms with Gasteiger partial charge in [0.25, 0.3) is 0 Å². The van der Waals surface area contributed by atoms with Crippen molar-refractivity contribution in [3.8, 4) is 11.3 Å². The zero-order valence-electron chi connectivity index (χ0n) is 14.6. The molecule has 8 heteroatoms. The molecule has 134 valence electrons. The first-order chi connectivity index (χ1) is 13.8. The largest absolute Gasteiger partial charge is 0.336 e. The van der Waals surface area contributed by atoms with Gasteiger partial charge in [0.05, 0.1) is 23.1 Å². The Morgan fingerprint density at radius 3 is 2.86 bits per heavy atom. The van der Waals surface area contributed by atoms with Gasteiger partial charge in [-0.25, -0.2) is 15.0 Å². The Hall–Kier alpha value is -4.20. The van der Waals surface area contributed by atoms with Crippen LogP contribution in [-0.4, -0.2) is 34.0 Å². The summed E-state index contributed by atoms with van der Waals surface area (Å²) in [7, 11) is 0. The third-order valence-corrected chi connectivity index (χ3v) is 4.76. The first-order valence-corrected chi connectivity index (χ1v) is 8.80. The van der Waals surface area contributed by atoms with Crippen molar-refractivity contribution >= 4 is 33.7 Å². The van der Waals surface area contributed by atoms with Crippen molar-refractivity contribution in [1.82, 2.24) is 34.0 Å². The van der Waals surface area contributed by atoms with E-state index in [2.05, 4.69) is 31.5 Å². The smallest absolute Gasteiger partial charge is 0.180 e. The van der Waals surface area contributed by atoms with E-state index < -0.39 is 0 Å². The predicted octanol–water partition coefficient (Wildman–Crippen LogP) is 3.66. The summed E-state index contributed by atoms with van der Waals surface area (Å²) >= 11 is 0. The van der Waals surface area contributed by atoms with Crippen molar-refractivity contribution in [2.75, 3.05) is 5.32 Å². The maximum atomic E-state index is 4.84. The van der Waals surface area contributed by atoms with Crippen LogP contribution in [0.25, 0.3) is 33.5 Å². The molecule has 2 N–H and O–H groups in total. The van der Waals surface area contributed by atoms with Crippen molar-refractivity contribution in [2.24, 2.45) is 0 Å².